The lowest BCUT2D eigenvalue weighted by Gasteiger charge is -2.38. The Hall–Kier alpha value is -1.66. The van der Waals surface area contributed by atoms with Crippen LogP contribution < -0.4 is 25.3 Å². The fourth-order valence-corrected chi connectivity index (χ4v) is 2.69. The quantitative estimate of drug-likeness (QED) is 0.696. The molecular weight excluding hydrogens is 344 g/mol. The van der Waals surface area contributed by atoms with E-state index < -0.39 is 0 Å². The van der Waals surface area contributed by atoms with Gasteiger partial charge in [-0.05, 0) is 52.2 Å². The zero-order valence-electron chi connectivity index (χ0n) is 15.2. The summed E-state index contributed by atoms with van der Waals surface area (Å²) < 4.78 is 16.9. The molecule has 0 heterocycles. The smallest absolute Gasteiger partial charge is 0.251 e. The van der Waals surface area contributed by atoms with Gasteiger partial charge in [-0.2, -0.15) is 0 Å². The number of halogens is 1. The van der Waals surface area contributed by atoms with Gasteiger partial charge in [-0.3, -0.25) is 4.79 Å². The van der Waals surface area contributed by atoms with Crippen molar-refractivity contribution in [2.45, 2.75) is 45.6 Å². The second-order valence-electron chi connectivity index (χ2n) is 6.00. The van der Waals surface area contributed by atoms with E-state index in [9.17, 15) is 4.79 Å². The summed E-state index contributed by atoms with van der Waals surface area (Å²) >= 11 is 0. The molecular formula is C18H29ClN2O4. The van der Waals surface area contributed by atoms with Crippen LogP contribution in [0.5, 0.6) is 17.2 Å². The number of amides is 1. The molecule has 6 nitrogen and oxygen atoms in total. The molecule has 1 aromatic rings. The normalized spacial score (nSPS) is 14.7. The van der Waals surface area contributed by atoms with Gasteiger partial charge in [0.05, 0.1) is 19.8 Å². The Kier molecular flexibility index (Phi) is 8.32. The van der Waals surface area contributed by atoms with Gasteiger partial charge in [-0.25, -0.2) is 0 Å². The Morgan fingerprint density at radius 3 is 2.00 bits per heavy atom. The highest BCUT2D eigenvalue weighted by molar-refractivity contribution is 5.95. The maximum Gasteiger partial charge on any atom is 0.251 e. The highest BCUT2D eigenvalue weighted by atomic mass is 35.5. The molecule has 0 spiro atoms. The average molecular weight is 373 g/mol. The molecule has 1 fully saturated rings. The molecule has 2 rings (SSSR count). The number of carbonyl (C=O) groups excluding carboxylic acids is 1. The predicted octanol–water partition coefficient (Wildman–Crippen LogP) is 2.92. The Morgan fingerprint density at radius 2 is 1.60 bits per heavy atom. The van der Waals surface area contributed by atoms with Crippen LogP contribution in [0.2, 0.25) is 0 Å². The third kappa shape index (κ3) is 5.41. The standard InChI is InChI=1S/C18H28N2O4.ClH/c1-4-22-14-10-13(11-15(23-5-2)16(14)24-6-3)17(21)20-12-18(19)8-7-9-18;/h10-11H,4-9,12,19H2,1-3H3,(H,20,21);1H. The van der Waals surface area contributed by atoms with Gasteiger partial charge in [-0.15, -0.1) is 12.4 Å². The molecule has 1 aromatic carbocycles. The Labute approximate surface area is 155 Å². The number of nitrogens with one attached hydrogen (secondary N) is 1. The first kappa shape index (κ1) is 21.4. The Bertz CT molecular complexity index is 549. The number of carbonyl (C=O) groups is 1. The molecule has 1 amide bonds. The van der Waals surface area contributed by atoms with E-state index in [0.717, 1.165) is 19.3 Å². The van der Waals surface area contributed by atoms with E-state index in [1.54, 1.807) is 12.1 Å². The Balaban J connectivity index is 0.00000312. The third-order valence-corrected chi connectivity index (χ3v) is 4.12. The number of benzene rings is 1. The first-order chi connectivity index (χ1) is 11.5. The van der Waals surface area contributed by atoms with E-state index in [-0.39, 0.29) is 23.9 Å². The van der Waals surface area contributed by atoms with Crippen molar-refractivity contribution in [2.24, 2.45) is 5.73 Å². The molecule has 1 aliphatic rings. The molecule has 25 heavy (non-hydrogen) atoms. The number of rotatable bonds is 9. The first-order valence-corrected chi connectivity index (χ1v) is 8.66. The zero-order valence-corrected chi connectivity index (χ0v) is 16.0. The highest BCUT2D eigenvalue weighted by Gasteiger charge is 2.32. The molecule has 142 valence electrons. The van der Waals surface area contributed by atoms with Crippen LogP contribution in [0.25, 0.3) is 0 Å². The van der Waals surface area contributed by atoms with Gasteiger partial charge in [0.15, 0.2) is 11.5 Å². The molecule has 3 N–H and O–H groups in total. The molecule has 1 saturated carbocycles. The molecule has 0 saturated heterocycles. The monoisotopic (exact) mass is 372 g/mol. The number of nitrogens with two attached hydrogens (primary N) is 1. The molecule has 0 radical (unpaired) electrons. The van der Waals surface area contributed by atoms with Gasteiger partial charge < -0.3 is 25.3 Å². The summed E-state index contributed by atoms with van der Waals surface area (Å²) in [6, 6.07) is 3.38. The van der Waals surface area contributed by atoms with Crippen LogP contribution in [0.1, 0.15) is 50.4 Å². The maximum atomic E-state index is 12.5. The minimum atomic E-state index is -0.258. The van der Waals surface area contributed by atoms with Crippen molar-refractivity contribution < 1.29 is 19.0 Å². The van der Waals surface area contributed by atoms with E-state index in [2.05, 4.69) is 5.32 Å². The van der Waals surface area contributed by atoms with E-state index in [1.807, 2.05) is 20.8 Å². The van der Waals surface area contributed by atoms with E-state index >= 15 is 0 Å². The molecule has 1 aliphatic carbocycles. The summed E-state index contributed by atoms with van der Waals surface area (Å²) in [4.78, 5) is 12.5. The highest BCUT2D eigenvalue weighted by Crippen LogP contribution is 2.39. The lowest BCUT2D eigenvalue weighted by molar-refractivity contribution is 0.0928. The van der Waals surface area contributed by atoms with E-state index in [4.69, 9.17) is 19.9 Å². The van der Waals surface area contributed by atoms with Crippen LogP contribution in [0.15, 0.2) is 12.1 Å². The van der Waals surface area contributed by atoms with Gasteiger partial charge in [-0.1, -0.05) is 0 Å². The van der Waals surface area contributed by atoms with Crippen molar-refractivity contribution in [3.8, 4) is 17.2 Å². The second-order valence-corrected chi connectivity index (χ2v) is 6.00. The van der Waals surface area contributed by atoms with Gasteiger partial charge >= 0.3 is 0 Å². The van der Waals surface area contributed by atoms with Gasteiger partial charge in [0.1, 0.15) is 0 Å². The Morgan fingerprint density at radius 1 is 1.08 bits per heavy atom. The van der Waals surface area contributed by atoms with Crippen LogP contribution in [0.4, 0.5) is 0 Å². The van der Waals surface area contributed by atoms with Crippen molar-refractivity contribution in [3.05, 3.63) is 17.7 Å². The van der Waals surface area contributed by atoms with Gasteiger partial charge in [0, 0.05) is 17.6 Å². The van der Waals surface area contributed by atoms with Crippen molar-refractivity contribution in [2.75, 3.05) is 26.4 Å². The fourth-order valence-electron chi connectivity index (χ4n) is 2.69. The van der Waals surface area contributed by atoms with Gasteiger partial charge in [0.25, 0.3) is 5.91 Å². The fraction of sp³-hybridized carbons (Fsp3) is 0.611. The molecule has 7 heteroatoms. The van der Waals surface area contributed by atoms with Crippen molar-refractivity contribution >= 4 is 18.3 Å². The molecule has 0 atom stereocenters. The number of hydrogen-bond donors (Lipinski definition) is 2. The van der Waals surface area contributed by atoms with Crippen molar-refractivity contribution in [3.63, 3.8) is 0 Å². The SMILES string of the molecule is CCOc1cc(C(=O)NCC2(N)CCC2)cc(OCC)c1OCC.Cl. The third-order valence-electron chi connectivity index (χ3n) is 4.12. The molecule has 0 unspecified atom stereocenters. The first-order valence-electron chi connectivity index (χ1n) is 8.66. The van der Waals surface area contributed by atoms with Crippen LogP contribution >= 0.6 is 12.4 Å². The largest absolute Gasteiger partial charge is 0.490 e. The minimum Gasteiger partial charge on any atom is -0.490 e. The number of hydrogen-bond acceptors (Lipinski definition) is 5. The summed E-state index contributed by atoms with van der Waals surface area (Å²) in [6.45, 7) is 7.58. The summed E-state index contributed by atoms with van der Waals surface area (Å²) in [5.74, 6) is 1.38. The molecule has 0 aliphatic heterocycles. The average Bonchev–Trinajstić information content (AvgIpc) is 2.54. The van der Waals surface area contributed by atoms with Gasteiger partial charge in [0.2, 0.25) is 5.75 Å². The maximum absolute atomic E-state index is 12.5. The van der Waals surface area contributed by atoms with Crippen LogP contribution in [-0.4, -0.2) is 37.8 Å². The van der Waals surface area contributed by atoms with Crippen molar-refractivity contribution in [1.82, 2.24) is 5.32 Å². The lowest BCUT2D eigenvalue weighted by Crippen LogP contribution is -2.54. The minimum absolute atomic E-state index is 0. The van der Waals surface area contributed by atoms with Crippen LogP contribution in [-0.2, 0) is 0 Å². The summed E-state index contributed by atoms with van der Waals surface area (Å²) in [7, 11) is 0. The lowest BCUT2D eigenvalue weighted by atomic mass is 9.78. The van der Waals surface area contributed by atoms with Crippen LogP contribution in [0.3, 0.4) is 0 Å². The molecule has 0 aromatic heterocycles. The summed E-state index contributed by atoms with van der Waals surface area (Å²) in [6.07, 6.45) is 3.02. The van der Waals surface area contributed by atoms with E-state index in [0.29, 0.717) is 49.2 Å². The summed E-state index contributed by atoms with van der Waals surface area (Å²) in [5, 5.41) is 2.92. The zero-order chi connectivity index (χ0) is 17.6. The summed E-state index contributed by atoms with van der Waals surface area (Å²) in [5.41, 5.74) is 6.39. The second kappa shape index (κ2) is 9.73. The number of ether oxygens (including phenoxy) is 3. The van der Waals surface area contributed by atoms with E-state index in [1.165, 1.54) is 0 Å². The van der Waals surface area contributed by atoms with Crippen LogP contribution in [0, 0.1) is 0 Å². The predicted molar refractivity (Wildman–Crippen MR) is 100 cm³/mol. The van der Waals surface area contributed by atoms with Crippen molar-refractivity contribution in [1.29, 1.82) is 0 Å². The topological polar surface area (TPSA) is 82.8 Å². The molecule has 0 bridgehead atoms.